The van der Waals surface area contributed by atoms with Crippen molar-refractivity contribution in [3.63, 3.8) is 0 Å². The number of hydrogen-bond donors (Lipinski definition) is 0. The van der Waals surface area contributed by atoms with Gasteiger partial charge in [-0.1, -0.05) is 72.8 Å². The Labute approximate surface area is 124 Å². The van der Waals surface area contributed by atoms with E-state index in [1.54, 1.807) is 0 Å². The van der Waals surface area contributed by atoms with Crippen molar-refractivity contribution >= 4 is 16.6 Å². The third-order valence-corrected chi connectivity index (χ3v) is 4.55. The molecule has 1 heteroatoms. The molecule has 102 valence electrons. The number of rotatable bonds is 3. The standard InChI is InChI=1S/C20H16O/c21-19(20(13-14-20)16-9-2-1-3-10-16)18-12-6-8-15-7-4-5-11-17(15)18/h1-12H,13-14H2. The second-order valence-corrected chi connectivity index (χ2v) is 5.80. The second-order valence-electron chi connectivity index (χ2n) is 5.80. The number of benzene rings is 3. The van der Waals surface area contributed by atoms with E-state index in [1.165, 1.54) is 0 Å². The minimum absolute atomic E-state index is 0.269. The highest BCUT2D eigenvalue weighted by Crippen LogP contribution is 2.50. The van der Waals surface area contributed by atoms with Crippen LogP contribution in [0.1, 0.15) is 28.8 Å². The van der Waals surface area contributed by atoms with Crippen molar-refractivity contribution in [2.45, 2.75) is 18.3 Å². The highest BCUT2D eigenvalue weighted by Gasteiger charge is 2.51. The summed E-state index contributed by atoms with van der Waals surface area (Å²) >= 11 is 0. The summed E-state index contributed by atoms with van der Waals surface area (Å²) in [6.45, 7) is 0. The smallest absolute Gasteiger partial charge is 0.173 e. The van der Waals surface area contributed by atoms with Crippen molar-refractivity contribution in [2.75, 3.05) is 0 Å². The molecule has 0 unspecified atom stereocenters. The van der Waals surface area contributed by atoms with E-state index >= 15 is 0 Å². The molecule has 0 amide bonds. The molecule has 0 aliphatic heterocycles. The van der Waals surface area contributed by atoms with E-state index in [9.17, 15) is 4.79 Å². The Morgan fingerprint density at radius 1 is 0.762 bits per heavy atom. The van der Waals surface area contributed by atoms with Crippen LogP contribution in [0, 0.1) is 0 Å². The van der Waals surface area contributed by atoms with Gasteiger partial charge in [-0.2, -0.15) is 0 Å². The third-order valence-electron chi connectivity index (χ3n) is 4.55. The lowest BCUT2D eigenvalue weighted by Crippen LogP contribution is -2.20. The molecule has 4 rings (SSSR count). The SMILES string of the molecule is O=C(c1cccc2ccccc12)C1(c2ccccc2)CC1. The third kappa shape index (κ3) is 1.89. The highest BCUT2D eigenvalue weighted by atomic mass is 16.1. The van der Waals surface area contributed by atoms with Crippen LogP contribution < -0.4 is 0 Å². The van der Waals surface area contributed by atoms with Gasteiger partial charge in [0.05, 0.1) is 5.41 Å². The van der Waals surface area contributed by atoms with Gasteiger partial charge in [-0.25, -0.2) is 0 Å². The van der Waals surface area contributed by atoms with E-state index in [0.717, 1.165) is 34.7 Å². The summed E-state index contributed by atoms with van der Waals surface area (Å²) in [5, 5.41) is 2.19. The lowest BCUT2D eigenvalue weighted by atomic mass is 9.86. The highest BCUT2D eigenvalue weighted by molar-refractivity contribution is 6.14. The monoisotopic (exact) mass is 272 g/mol. The molecule has 1 saturated carbocycles. The summed E-state index contributed by atoms with van der Waals surface area (Å²) in [5.74, 6) is 0.269. The summed E-state index contributed by atoms with van der Waals surface area (Å²) in [6.07, 6.45) is 1.91. The number of hydrogen-bond acceptors (Lipinski definition) is 1. The summed E-state index contributed by atoms with van der Waals surface area (Å²) in [4.78, 5) is 13.1. The minimum atomic E-state index is -0.286. The first kappa shape index (κ1) is 12.3. The van der Waals surface area contributed by atoms with Gasteiger partial charge >= 0.3 is 0 Å². The first-order valence-corrected chi connectivity index (χ1v) is 7.39. The molecule has 1 nitrogen and oxygen atoms in total. The van der Waals surface area contributed by atoms with Crippen molar-refractivity contribution in [3.05, 3.63) is 83.9 Å². The first-order chi connectivity index (χ1) is 10.3. The van der Waals surface area contributed by atoms with E-state index in [-0.39, 0.29) is 11.2 Å². The normalized spacial score (nSPS) is 15.8. The van der Waals surface area contributed by atoms with Crippen molar-refractivity contribution < 1.29 is 4.79 Å². The maximum absolute atomic E-state index is 13.1. The lowest BCUT2D eigenvalue weighted by Gasteiger charge is -2.16. The van der Waals surface area contributed by atoms with Crippen LogP contribution in [0.15, 0.2) is 72.8 Å². The maximum Gasteiger partial charge on any atom is 0.173 e. The van der Waals surface area contributed by atoms with Gasteiger partial charge in [-0.15, -0.1) is 0 Å². The fourth-order valence-corrected chi connectivity index (χ4v) is 3.21. The minimum Gasteiger partial charge on any atom is -0.293 e. The fourth-order valence-electron chi connectivity index (χ4n) is 3.21. The van der Waals surface area contributed by atoms with Crippen molar-refractivity contribution in [2.24, 2.45) is 0 Å². The first-order valence-electron chi connectivity index (χ1n) is 7.39. The number of Topliss-reactive ketones (excluding diaryl/α,β-unsaturated/α-hetero) is 1. The Morgan fingerprint density at radius 3 is 2.19 bits per heavy atom. The Kier molecular flexibility index (Phi) is 2.68. The van der Waals surface area contributed by atoms with Gasteiger partial charge in [0.25, 0.3) is 0 Å². The van der Waals surface area contributed by atoms with Crippen molar-refractivity contribution in [1.29, 1.82) is 0 Å². The Balaban J connectivity index is 1.85. The van der Waals surface area contributed by atoms with Crippen molar-refractivity contribution in [3.8, 4) is 0 Å². The van der Waals surface area contributed by atoms with Gasteiger partial charge in [0.1, 0.15) is 0 Å². The van der Waals surface area contributed by atoms with Crippen LogP contribution in [0.5, 0.6) is 0 Å². The van der Waals surface area contributed by atoms with Gasteiger partial charge in [0.2, 0.25) is 0 Å². The van der Waals surface area contributed by atoms with E-state index in [2.05, 4.69) is 24.3 Å². The molecule has 1 fully saturated rings. The molecule has 0 spiro atoms. The van der Waals surface area contributed by atoms with Crippen LogP contribution in [0.2, 0.25) is 0 Å². The molecule has 3 aromatic rings. The van der Waals surface area contributed by atoms with E-state index in [1.807, 2.05) is 48.5 Å². The topological polar surface area (TPSA) is 17.1 Å². The van der Waals surface area contributed by atoms with Crippen LogP contribution in [0.25, 0.3) is 10.8 Å². The van der Waals surface area contributed by atoms with Gasteiger partial charge in [0.15, 0.2) is 5.78 Å². The lowest BCUT2D eigenvalue weighted by molar-refractivity contribution is 0.0947. The molecule has 0 saturated heterocycles. The van der Waals surface area contributed by atoms with E-state index < -0.39 is 0 Å². The number of carbonyl (C=O) groups is 1. The molecule has 0 aromatic heterocycles. The molecular weight excluding hydrogens is 256 g/mol. The van der Waals surface area contributed by atoms with Crippen LogP contribution in [0.4, 0.5) is 0 Å². The maximum atomic E-state index is 13.1. The summed E-state index contributed by atoms with van der Waals surface area (Å²) < 4.78 is 0. The van der Waals surface area contributed by atoms with Crippen LogP contribution in [-0.2, 0) is 5.41 Å². The quantitative estimate of drug-likeness (QED) is 0.628. The summed E-state index contributed by atoms with van der Waals surface area (Å²) in [7, 11) is 0. The molecule has 3 aromatic carbocycles. The molecule has 0 atom stereocenters. The predicted octanol–water partition coefficient (Wildman–Crippen LogP) is 4.75. The molecule has 0 N–H and O–H groups in total. The summed E-state index contributed by atoms with van der Waals surface area (Å²) in [6, 6.07) is 24.3. The van der Waals surface area contributed by atoms with E-state index in [4.69, 9.17) is 0 Å². The van der Waals surface area contributed by atoms with Crippen LogP contribution in [0.3, 0.4) is 0 Å². The Hall–Kier alpha value is -2.41. The molecule has 1 aliphatic carbocycles. The number of ketones is 1. The number of carbonyl (C=O) groups excluding carboxylic acids is 1. The van der Waals surface area contributed by atoms with Gasteiger partial charge in [0, 0.05) is 5.56 Å². The zero-order chi connectivity index (χ0) is 14.3. The fraction of sp³-hybridized carbons (Fsp3) is 0.150. The molecular formula is C20H16O. The zero-order valence-corrected chi connectivity index (χ0v) is 11.8. The number of fused-ring (bicyclic) bond motifs is 1. The van der Waals surface area contributed by atoms with Gasteiger partial charge in [-0.3, -0.25) is 4.79 Å². The molecule has 21 heavy (non-hydrogen) atoms. The zero-order valence-electron chi connectivity index (χ0n) is 11.8. The molecule has 1 aliphatic rings. The van der Waals surface area contributed by atoms with Crippen LogP contribution in [-0.4, -0.2) is 5.78 Å². The Bertz CT molecular complexity index is 808. The second kappa shape index (κ2) is 4.56. The van der Waals surface area contributed by atoms with Gasteiger partial charge < -0.3 is 0 Å². The molecule has 0 bridgehead atoms. The average molecular weight is 272 g/mol. The summed E-state index contributed by atoms with van der Waals surface area (Å²) in [5.41, 5.74) is 1.73. The Morgan fingerprint density at radius 2 is 1.43 bits per heavy atom. The molecule has 0 heterocycles. The average Bonchev–Trinajstić information content (AvgIpc) is 3.36. The predicted molar refractivity (Wildman–Crippen MR) is 85.6 cm³/mol. The van der Waals surface area contributed by atoms with E-state index in [0.29, 0.717) is 0 Å². The molecule has 0 radical (unpaired) electrons. The van der Waals surface area contributed by atoms with Gasteiger partial charge in [-0.05, 0) is 29.2 Å². The van der Waals surface area contributed by atoms with Crippen LogP contribution >= 0.6 is 0 Å². The largest absolute Gasteiger partial charge is 0.293 e. The van der Waals surface area contributed by atoms with Crippen molar-refractivity contribution in [1.82, 2.24) is 0 Å².